The number of carbonyl (C=O) groups excluding carboxylic acids is 1. The highest BCUT2D eigenvalue weighted by Gasteiger charge is 2.16. The highest BCUT2D eigenvalue weighted by molar-refractivity contribution is 5.87. The number of morpholine rings is 1. The molecular weight excluding hydrogens is 374 g/mol. The summed E-state index contributed by atoms with van der Waals surface area (Å²) in [6.07, 6.45) is 1.63. The van der Waals surface area contributed by atoms with E-state index < -0.39 is 0 Å². The summed E-state index contributed by atoms with van der Waals surface area (Å²) < 4.78 is 11.9. The van der Waals surface area contributed by atoms with Crippen LogP contribution in [-0.2, 0) is 16.1 Å². The Morgan fingerprint density at radius 2 is 1.93 bits per heavy atom. The Morgan fingerprint density at radius 1 is 1.14 bits per heavy atom. The summed E-state index contributed by atoms with van der Waals surface area (Å²) in [5.74, 6) is -0.104. The van der Waals surface area contributed by atoms with E-state index in [1.165, 1.54) is 10.9 Å². The van der Waals surface area contributed by atoms with Gasteiger partial charge in [-0.25, -0.2) is 4.98 Å². The Bertz CT molecular complexity index is 1020. The molecular formula is C20H23N5O4. The van der Waals surface area contributed by atoms with Crippen molar-refractivity contribution in [2.75, 3.05) is 39.4 Å². The fraction of sp³-hybridized carbons (Fsp3) is 0.400. The van der Waals surface area contributed by atoms with Gasteiger partial charge in [0.2, 0.25) is 5.91 Å². The number of hydrogen-bond acceptors (Lipinski definition) is 7. The molecule has 4 rings (SSSR count). The minimum absolute atomic E-state index is 0.0964. The number of nitrogens with zero attached hydrogens (tertiary/aromatic N) is 4. The molecule has 3 aromatic rings. The van der Waals surface area contributed by atoms with Gasteiger partial charge in [0.25, 0.3) is 11.1 Å². The molecule has 0 saturated carbocycles. The first-order valence-corrected chi connectivity index (χ1v) is 9.69. The molecule has 9 nitrogen and oxygen atoms in total. The van der Waals surface area contributed by atoms with Crippen molar-refractivity contribution in [1.29, 1.82) is 0 Å². The van der Waals surface area contributed by atoms with E-state index in [4.69, 9.17) is 9.26 Å². The summed E-state index contributed by atoms with van der Waals surface area (Å²) in [7, 11) is 0. The fourth-order valence-electron chi connectivity index (χ4n) is 3.29. The zero-order valence-electron chi connectivity index (χ0n) is 16.0. The normalized spacial score (nSPS) is 14.9. The summed E-state index contributed by atoms with van der Waals surface area (Å²) in [6.45, 7) is 4.85. The van der Waals surface area contributed by atoms with Gasteiger partial charge in [0.05, 0.1) is 19.5 Å². The SMILES string of the molecule is O=C(CCn1cnc2c(-c3ccccc3)noc2c1=O)NCCN1CCOCC1. The molecule has 2 aromatic heterocycles. The molecule has 0 spiro atoms. The Hall–Kier alpha value is -3.04. The van der Waals surface area contributed by atoms with Gasteiger partial charge in [0, 0.05) is 44.7 Å². The van der Waals surface area contributed by atoms with Crippen molar-refractivity contribution in [2.45, 2.75) is 13.0 Å². The lowest BCUT2D eigenvalue weighted by atomic mass is 10.1. The molecule has 0 bridgehead atoms. The molecule has 1 aliphatic rings. The average Bonchev–Trinajstić information content (AvgIpc) is 3.20. The number of nitrogens with one attached hydrogen (secondary N) is 1. The van der Waals surface area contributed by atoms with Crippen molar-refractivity contribution in [3.05, 3.63) is 47.0 Å². The smallest absolute Gasteiger partial charge is 0.299 e. The Kier molecular flexibility index (Phi) is 5.97. The number of hydrogen-bond donors (Lipinski definition) is 1. The number of carbonyl (C=O) groups is 1. The average molecular weight is 397 g/mol. The Labute approximate surface area is 167 Å². The quantitative estimate of drug-likeness (QED) is 0.632. The number of benzene rings is 1. The van der Waals surface area contributed by atoms with Crippen molar-refractivity contribution < 1.29 is 14.1 Å². The summed E-state index contributed by atoms with van der Waals surface area (Å²) in [5.41, 5.74) is 1.54. The molecule has 1 aromatic carbocycles. The van der Waals surface area contributed by atoms with Crippen LogP contribution in [0.5, 0.6) is 0 Å². The first-order chi connectivity index (χ1) is 14.2. The molecule has 1 N–H and O–H groups in total. The minimum atomic E-state index is -0.342. The number of aryl methyl sites for hydroxylation is 1. The third-order valence-corrected chi connectivity index (χ3v) is 4.93. The van der Waals surface area contributed by atoms with E-state index in [-0.39, 0.29) is 30.0 Å². The lowest BCUT2D eigenvalue weighted by molar-refractivity contribution is -0.121. The van der Waals surface area contributed by atoms with Gasteiger partial charge >= 0.3 is 0 Å². The van der Waals surface area contributed by atoms with E-state index in [1.807, 2.05) is 30.3 Å². The highest BCUT2D eigenvalue weighted by Crippen LogP contribution is 2.23. The van der Waals surface area contributed by atoms with Crippen LogP contribution in [0.4, 0.5) is 0 Å². The lowest BCUT2D eigenvalue weighted by Gasteiger charge is -2.26. The predicted molar refractivity (Wildman–Crippen MR) is 106 cm³/mol. The number of ether oxygens (including phenoxy) is 1. The molecule has 1 aliphatic heterocycles. The van der Waals surface area contributed by atoms with Crippen LogP contribution in [-0.4, -0.2) is 64.9 Å². The molecule has 0 aliphatic carbocycles. The molecule has 152 valence electrons. The number of amides is 1. The lowest BCUT2D eigenvalue weighted by Crippen LogP contribution is -2.41. The third-order valence-electron chi connectivity index (χ3n) is 4.93. The number of rotatable bonds is 7. The highest BCUT2D eigenvalue weighted by atomic mass is 16.5. The topological polar surface area (TPSA) is 102 Å². The summed E-state index contributed by atoms with van der Waals surface area (Å²) >= 11 is 0. The van der Waals surface area contributed by atoms with E-state index >= 15 is 0 Å². The third kappa shape index (κ3) is 4.52. The maximum atomic E-state index is 12.6. The van der Waals surface area contributed by atoms with Crippen LogP contribution < -0.4 is 10.9 Å². The van der Waals surface area contributed by atoms with E-state index in [0.29, 0.717) is 17.8 Å². The van der Waals surface area contributed by atoms with Crippen LogP contribution in [0, 0.1) is 0 Å². The van der Waals surface area contributed by atoms with Gasteiger partial charge in [-0.2, -0.15) is 0 Å². The predicted octanol–water partition coefficient (Wildman–Crippen LogP) is 0.890. The molecule has 9 heteroatoms. The summed E-state index contributed by atoms with van der Waals surface area (Å²) in [5, 5.41) is 6.89. The van der Waals surface area contributed by atoms with Gasteiger partial charge in [0.15, 0.2) is 0 Å². The minimum Gasteiger partial charge on any atom is -0.379 e. The van der Waals surface area contributed by atoms with Crippen LogP contribution >= 0.6 is 0 Å². The summed E-state index contributed by atoms with van der Waals surface area (Å²) in [4.78, 5) is 31.3. The van der Waals surface area contributed by atoms with Gasteiger partial charge in [-0.3, -0.25) is 19.1 Å². The van der Waals surface area contributed by atoms with Crippen LogP contribution in [0.1, 0.15) is 6.42 Å². The van der Waals surface area contributed by atoms with Crippen LogP contribution in [0.25, 0.3) is 22.4 Å². The zero-order valence-corrected chi connectivity index (χ0v) is 16.0. The second-order valence-corrected chi connectivity index (χ2v) is 6.87. The van der Waals surface area contributed by atoms with Crippen LogP contribution in [0.2, 0.25) is 0 Å². The molecule has 0 unspecified atom stereocenters. The summed E-state index contributed by atoms with van der Waals surface area (Å²) in [6, 6.07) is 9.43. The van der Waals surface area contributed by atoms with E-state index in [9.17, 15) is 9.59 Å². The van der Waals surface area contributed by atoms with Gasteiger partial charge < -0.3 is 14.6 Å². The van der Waals surface area contributed by atoms with E-state index in [1.54, 1.807) is 0 Å². The maximum absolute atomic E-state index is 12.6. The number of fused-ring (bicyclic) bond motifs is 1. The molecule has 1 amide bonds. The molecule has 1 fully saturated rings. The molecule has 3 heterocycles. The molecule has 0 atom stereocenters. The van der Waals surface area contributed by atoms with E-state index in [0.717, 1.165) is 38.4 Å². The second kappa shape index (κ2) is 8.97. The molecule has 1 saturated heterocycles. The first-order valence-electron chi connectivity index (χ1n) is 9.69. The Morgan fingerprint density at radius 3 is 2.72 bits per heavy atom. The Balaban J connectivity index is 1.35. The van der Waals surface area contributed by atoms with Gasteiger partial charge in [-0.05, 0) is 0 Å². The van der Waals surface area contributed by atoms with Gasteiger partial charge in [-0.1, -0.05) is 35.5 Å². The first kappa shape index (κ1) is 19.3. The monoisotopic (exact) mass is 397 g/mol. The maximum Gasteiger partial charge on any atom is 0.299 e. The molecule has 0 radical (unpaired) electrons. The largest absolute Gasteiger partial charge is 0.379 e. The van der Waals surface area contributed by atoms with E-state index in [2.05, 4.69) is 20.4 Å². The fourth-order valence-corrected chi connectivity index (χ4v) is 3.29. The van der Waals surface area contributed by atoms with Crippen molar-refractivity contribution in [3.8, 4) is 11.3 Å². The van der Waals surface area contributed by atoms with Crippen LogP contribution in [0.3, 0.4) is 0 Å². The van der Waals surface area contributed by atoms with Gasteiger partial charge in [0.1, 0.15) is 11.2 Å². The van der Waals surface area contributed by atoms with Crippen LogP contribution in [0.15, 0.2) is 46.0 Å². The standard InChI is InChI=1S/C20H23N5O4/c26-16(21-7-9-24-10-12-28-13-11-24)6-8-25-14-22-18-17(15-4-2-1-3-5-15)23-29-19(18)20(25)27/h1-5,14H,6-13H2,(H,21,26). The molecule has 29 heavy (non-hydrogen) atoms. The second-order valence-electron chi connectivity index (χ2n) is 6.87. The van der Waals surface area contributed by atoms with Gasteiger partial charge in [-0.15, -0.1) is 0 Å². The van der Waals surface area contributed by atoms with Crippen molar-refractivity contribution in [1.82, 2.24) is 24.9 Å². The van der Waals surface area contributed by atoms with Crippen molar-refractivity contribution in [3.63, 3.8) is 0 Å². The van der Waals surface area contributed by atoms with Crippen molar-refractivity contribution in [2.24, 2.45) is 0 Å². The van der Waals surface area contributed by atoms with Crippen molar-refractivity contribution >= 4 is 17.0 Å². The number of aromatic nitrogens is 3. The zero-order chi connectivity index (χ0) is 20.1.